The molecule has 0 aliphatic heterocycles. The Labute approximate surface area is 140 Å². The van der Waals surface area contributed by atoms with Crippen LogP contribution in [0.25, 0.3) is 27.8 Å². The number of aryl methyl sites for hydroxylation is 1. The SMILES string of the molecule is CCn1ccc2ccc(-n3nncc3-c3ccc(OC)cc3)cc21. The van der Waals surface area contributed by atoms with Gasteiger partial charge in [0.15, 0.2) is 0 Å². The van der Waals surface area contributed by atoms with Crippen molar-refractivity contribution in [2.24, 2.45) is 0 Å². The molecular weight excluding hydrogens is 300 g/mol. The molecule has 0 spiro atoms. The van der Waals surface area contributed by atoms with Crippen LogP contribution in [-0.2, 0) is 6.54 Å². The van der Waals surface area contributed by atoms with Crippen molar-refractivity contribution in [3.05, 3.63) is 60.9 Å². The maximum atomic E-state index is 5.23. The molecule has 2 aromatic carbocycles. The highest BCUT2D eigenvalue weighted by molar-refractivity contribution is 5.82. The Hall–Kier alpha value is -3.08. The minimum absolute atomic E-state index is 0.833. The third kappa shape index (κ3) is 2.34. The van der Waals surface area contributed by atoms with Crippen LogP contribution in [0.3, 0.4) is 0 Å². The zero-order valence-electron chi connectivity index (χ0n) is 13.7. The number of aromatic nitrogens is 4. The molecule has 5 nitrogen and oxygen atoms in total. The van der Waals surface area contributed by atoms with E-state index in [1.165, 1.54) is 10.9 Å². The first kappa shape index (κ1) is 14.5. The molecule has 4 aromatic rings. The van der Waals surface area contributed by atoms with Gasteiger partial charge >= 0.3 is 0 Å². The molecule has 0 aliphatic rings. The molecular formula is C19H18N4O. The lowest BCUT2D eigenvalue weighted by Crippen LogP contribution is -2.00. The highest BCUT2D eigenvalue weighted by Gasteiger charge is 2.10. The van der Waals surface area contributed by atoms with Gasteiger partial charge in [0.2, 0.25) is 0 Å². The predicted octanol–water partition coefficient (Wildman–Crippen LogP) is 3.92. The Balaban J connectivity index is 1.81. The van der Waals surface area contributed by atoms with Gasteiger partial charge in [0, 0.05) is 18.3 Å². The number of fused-ring (bicyclic) bond motifs is 1. The molecule has 0 saturated heterocycles. The van der Waals surface area contributed by atoms with E-state index in [2.05, 4.69) is 52.3 Å². The van der Waals surface area contributed by atoms with Crippen LogP contribution in [-0.4, -0.2) is 26.7 Å². The van der Waals surface area contributed by atoms with Crippen molar-refractivity contribution in [2.75, 3.05) is 7.11 Å². The number of nitrogens with zero attached hydrogens (tertiary/aromatic N) is 4. The van der Waals surface area contributed by atoms with Gasteiger partial charge < -0.3 is 9.30 Å². The molecule has 0 saturated carbocycles. The number of hydrogen-bond acceptors (Lipinski definition) is 3. The molecule has 0 N–H and O–H groups in total. The van der Waals surface area contributed by atoms with Crippen molar-refractivity contribution in [3.63, 3.8) is 0 Å². The van der Waals surface area contributed by atoms with Crippen LogP contribution in [0, 0.1) is 0 Å². The predicted molar refractivity (Wildman–Crippen MR) is 94.5 cm³/mol. The van der Waals surface area contributed by atoms with E-state index in [0.29, 0.717) is 0 Å². The van der Waals surface area contributed by atoms with E-state index in [-0.39, 0.29) is 0 Å². The largest absolute Gasteiger partial charge is 0.497 e. The summed E-state index contributed by atoms with van der Waals surface area (Å²) in [5.41, 5.74) is 4.20. The van der Waals surface area contributed by atoms with Crippen molar-refractivity contribution < 1.29 is 4.74 Å². The summed E-state index contributed by atoms with van der Waals surface area (Å²) < 4.78 is 9.32. The standard InChI is InChI=1S/C19H18N4O/c1-3-22-11-10-15-4-7-16(12-18(15)22)23-19(13-20-21-23)14-5-8-17(24-2)9-6-14/h4-13H,3H2,1-2H3. The molecule has 0 bridgehead atoms. The van der Waals surface area contributed by atoms with Gasteiger partial charge in [-0.25, -0.2) is 4.68 Å². The van der Waals surface area contributed by atoms with Crippen LogP contribution in [0.5, 0.6) is 5.75 Å². The van der Waals surface area contributed by atoms with Gasteiger partial charge in [-0.05, 0) is 54.8 Å². The van der Waals surface area contributed by atoms with E-state index in [1.807, 2.05) is 28.9 Å². The molecule has 120 valence electrons. The number of ether oxygens (including phenoxy) is 1. The van der Waals surface area contributed by atoms with Crippen LogP contribution in [0.4, 0.5) is 0 Å². The van der Waals surface area contributed by atoms with Gasteiger partial charge in [0.05, 0.1) is 30.2 Å². The van der Waals surface area contributed by atoms with Gasteiger partial charge in [0.25, 0.3) is 0 Å². The lowest BCUT2D eigenvalue weighted by Gasteiger charge is -2.08. The van der Waals surface area contributed by atoms with Gasteiger partial charge in [-0.3, -0.25) is 0 Å². The summed E-state index contributed by atoms with van der Waals surface area (Å²) in [6.07, 6.45) is 3.89. The highest BCUT2D eigenvalue weighted by atomic mass is 16.5. The smallest absolute Gasteiger partial charge is 0.118 e. The van der Waals surface area contributed by atoms with Gasteiger partial charge in [-0.2, -0.15) is 0 Å². The second kappa shape index (κ2) is 5.85. The molecule has 4 rings (SSSR count). The maximum absolute atomic E-state index is 5.23. The van der Waals surface area contributed by atoms with Gasteiger partial charge in [0.1, 0.15) is 5.75 Å². The zero-order chi connectivity index (χ0) is 16.5. The zero-order valence-corrected chi connectivity index (χ0v) is 13.7. The molecule has 0 fully saturated rings. The third-order valence-electron chi connectivity index (χ3n) is 4.28. The third-order valence-corrected chi connectivity index (χ3v) is 4.28. The van der Waals surface area contributed by atoms with Crippen molar-refractivity contribution in [1.29, 1.82) is 0 Å². The van der Waals surface area contributed by atoms with E-state index in [9.17, 15) is 0 Å². The van der Waals surface area contributed by atoms with E-state index in [4.69, 9.17) is 4.74 Å². The Kier molecular flexibility index (Phi) is 3.54. The molecule has 0 unspecified atom stereocenters. The summed E-state index contributed by atoms with van der Waals surface area (Å²) in [5.74, 6) is 0.833. The second-order valence-corrected chi connectivity index (χ2v) is 5.60. The quantitative estimate of drug-likeness (QED) is 0.573. The van der Waals surface area contributed by atoms with Crippen molar-refractivity contribution in [3.8, 4) is 22.7 Å². The van der Waals surface area contributed by atoms with Crippen molar-refractivity contribution >= 4 is 10.9 Å². The molecule has 2 heterocycles. The fourth-order valence-electron chi connectivity index (χ4n) is 2.96. The van der Waals surface area contributed by atoms with Crippen molar-refractivity contribution in [2.45, 2.75) is 13.5 Å². The maximum Gasteiger partial charge on any atom is 0.118 e. The van der Waals surface area contributed by atoms with Gasteiger partial charge in [-0.15, -0.1) is 5.10 Å². The van der Waals surface area contributed by atoms with Crippen LogP contribution in [0.2, 0.25) is 0 Å². The Bertz CT molecular complexity index is 982. The minimum atomic E-state index is 0.833. The lowest BCUT2D eigenvalue weighted by atomic mass is 10.1. The Morgan fingerprint density at radius 3 is 2.62 bits per heavy atom. The van der Waals surface area contributed by atoms with Gasteiger partial charge in [-0.1, -0.05) is 11.3 Å². The Morgan fingerprint density at radius 1 is 1.04 bits per heavy atom. The Morgan fingerprint density at radius 2 is 1.88 bits per heavy atom. The average molecular weight is 318 g/mol. The lowest BCUT2D eigenvalue weighted by molar-refractivity contribution is 0.415. The fourth-order valence-corrected chi connectivity index (χ4v) is 2.96. The normalized spacial score (nSPS) is 11.1. The summed E-state index contributed by atoms with van der Waals surface area (Å²) in [4.78, 5) is 0. The highest BCUT2D eigenvalue weighted by Crippen LogP contribution is 2.26. The topological polar surface area (TPSA) is 44.9 Å². The molecule has 0 aliphatic carbocycles. The van der Waals surface area contributed by atoms with E-state index >= 15 is 0 Å². The summed E-state index contributed by atoms with van der Waals surface area (Å²) in [7, 11) is 1.67. The number of hydrogen-bond donors (Lipinski definition) is 0. The fraction of sp³-hybridized carbons (Fsp3) is 0.158. The summed E-state index contributed by atoms with van der Waals surface area (Å²) in [5, 5.41) is 9.61. The minimum Gasteiger partial charge on any atom is -0.497 e. The second-order valence-electron chi connectivity index (χ2n) is 5.60. The monoisotopic (exact) mass is 318 g/mol. The summed E-state index contributed by atoms with van der Waals surface area (Å²) >= 11 is 0. The summed E-state index contributed by atoms with van der Waals surface area (Å²) in [6.45, 7) is 3.08. The molecule has 24 heavy (non-hydrogen) atoms. The first-order valence-corrected chi connectivity index (χ1v) is 7.94. The number of benzene rings is 2. The van der Waals surface area contributed by atoms with E-state index in [1.54, 1.807) is 13.3 Å². The first-order chi connectivity index (χ1) is 11.8. The van der Waals surface area contributed by atoms with Crippen molar-refractivity contribution in [1.82, 2.24) is 19.6 Å². The molecule has 2 aromatic heterocycles. The van der Waals surface area contributed by atoms with Crippen LogP contribution >= 0.6 is 0 Å². The molecule has 5 heteroatoms. The van der Waals surface area contributed by atoms with E-state index in [0.717, 1.165) is 29.2 Å². The van der Waals surface area contributed by atoms with Crippen LogP contribution in [0.1, 0.15) is 6.92 Å². The molecule has 0 amide bonds. The average Bonchev–Trinajstić information content (AvgIpc) is 3.28. The number of methoxy groups -OCH3 is 1. The first-order valence-electron chi connectivity index (χ1n) is 7.94. The number of rotatable bonds is 4. The van der Waals surface area contributed by atoms with E-state index < -0.39 is 0 Å². The van der Waals surface area contributed by atoms with Crippen LogP contribution < -0.4 is 4.74 Å². The molecule has 0 radical (unpaired) electrons. The van der Waals surface area contributed by atoms with Crippen LogP contribution in [0.15, 0.2) is 60.9 Å². The summed E-state index contributed by atoms with van der Waals surface area (Å²) in [6, 6.07) is 16.4. The molecule has 0 atom stereocenters.